The molecule has 174 valence electrons. The minimum Gasteiger partial charge on any atom is -0.481 e. The summed E-state index contributed by atoms with van der Waals surface area (Å²) in [6.07, 6.45) is 25.3. The largest absolute Gasteiger partial charge is 0.481 e. The summed E-state index contributed by atoms with van der Waals surface area (Å²) in [7, 11) is 0. The van der Waals surface area contributed by atoms with E-state index in [1.165, 1.54) is 77.0 Å². The second-order valence-corrected chi connectivity index (χ2v) is 9.30. The number of aliphatic carboxylic acids is 2. The van der Waals surface area contributed by atoms with E-state index >= 15 is 0 Å². The van der Waals surface area contributed by atoms with Crippen molar-refractivity contribution >= 4 is 11.9 Å². The van der Waals surface area contributed by atoms with E-state index in [1.54, 1.807) is 0 Å². The summed E-state index contributed by atoms with van der Waals surface area (Å²) in [5.74, 6) is -2.66. The number of rotatable bonds is 18. The zero-order valence-electron chi connectivity index (χ0n) is 19.4. The van der Waals surface area contributed by atoms with Crippen LogP contribution in [0.3, 0.4) is 0 Å². The molecule has 0 aliphatic heterocycles. The number of unbranched alkanes of at least 4 members (excludes halogenated alkanes) is 13. The molecule has 2 unspecified atom stereocenters. The van der Waals surface area contributed by atoms with Gasteiger partial charge in [0.2, 0.25) is 0 Å². The van der Waals surface area contributed by atoms with E-state index < -0.39 is 23.3 Å². The molecule has 0 amide bonds. The number of carboxylic acids is 2. The van der Waals surface area contributed by atoms with Crippen LogP contribution in [0.1, 0.15) is 129 Å². The predicted molar refractivity (Wildman–Crippen MR) is 124 cm³/mol. The van der Waals surface area contributed by atoms with Gasteiger partial charge in [-0.05, 0) is 32.1 Å². The number of hydrogen-bond donors (Lipinski definition) is 2. The molecule has 2 N–H and O–H groups in total. The highest BCUT2D eigenvalue weighted by Crippen LogP contribution is 2.45. The summed E-state index contributed by atoms with van der Waals surface area (Å²) < 4.78 is 0. The Morgan fingerprint density at radius 2 is 1.33 bits per heavy atom. The molecule has 0 aromatic rings. The van der Waals surface area contributed by atoms with Crippen molar-refractivity contribution in [3.05, 3.63) is 12.2 Å². The van der Waals surface area contributed by atoms with Crippen molar-refractivity contribution in [1.82, 2.24) is 0 Å². The fraction of sp³-hybridized carbons (Fsp3) is 0.846. The average Bonchev–Trinajstić information content (AvgIpc) is 2.73. The zero-order chi connectivity index (χ0) is 22.1. The van der Waals surface area contributed by atoms with E-state index in [0.717, 1.165) is 25.7 Å². The molecule has 4 heteroatoms. The van der Waals surface area contributed by atoms with Gasteiger partial charge < -0.3 is 10.2 Å². The molecule has 0 heterocycles. The van der Waals surface area contributed by atoms with Crippen molar-refractivity contribution in [1.29, 1.82) is 0 Å². The van der Waals surface area contributed by atoms with Crippen molar-refractivity contribution in [2.45, 2.75) is 129 Å². The Morgan fingerprint density at radius 1 is 0.800 bits per heavy atom. The van der Waals surface area contributed by atoms with Crippen LogP contribution in [-0.2, 0) is 9.59 Å². The maximum Gasteiger partial charge on any atom is 0.310 e. The summed E-state index contributed by atoms with van der Waals surface area (Å²) in [6, 6.07) is 0. The molecule has 1 fully saturated rings. The van der Waals surface area contributed by atoms with Gasteiger partial charge in [-0.3, -0.25) is 9.59 Å². The first-order valence-corrected chi connectivity index (χ1v) is 12.7. The molecule has 0 spiro atoms. The minimum absolute atomic E-state index is 0.345. The fourth-order valence-electron chi connectivity index (χ4n) is 4.88. The Balaban J connectivity index is 2.08. The van der Waals surface area contributed by atoms with E-state index in [4.69, 9.17) is 0 Å². The van der Waals surface area contributed by atoms with Crippen LogP contribution in [0.4, 0.5) is 0 Å². The molecule has 1 saturated carbocycles. The average molecular weight is 423 g/mol. The Labute approximate surface area is 184 Å². The van der Waals surface area contributed by atoms with Crippen LogP contribution in [-0.4, -0.2) is 22.2 Å². The van der Waals surface area contributed by atoms with Crippen LogP contribution < -0.4 is 0 Å². The first-order valence-electron chi connectivity index (χ1n) is 12.7. The van der Waals surface area contributed by atoms with Gasteiger partial charge in [0.15, 0.2) is 0 Å². The van der Waals surface area contributed by atoms with Gasteiger partial charge in [0.1, 0.15) is 0 Å². The predicted octanol–water partition coefficient (Wildman–Crippen LogP) is 7.76. The Kier molecular flexibility index (Phi) is 14.6. The second kappa shape index (κ2) is 16.4. The third-order valence-electron chi connectivity index (χ3n) is 6.88. The van der Waals surface area contributed by atoms with E-state index in [0.29, 0.717) is 19.3 Å². The van der Waals surface area contributed by atoms with Gasteiger partial charge in [0.05, 0.1) is 11.3 Å². The van der Waals surface area contributed by atoms with Crippen LogP contribution in [0, 0.1) is 11.3 Å². The van der Waals surface area contributed by atoms with Crippen LogP contribution >= 0.6 is 0 Å². The number of carboxylic acid groups (broad SMARTS) is 2. The second-order valence-electron chi connectivity index (χ2n) is 9.30. The molecule has 2 atom stereocenters. The van der Waals surface area contributed by atoms with Gasteiger partial charge in [-0.25, -0.2) is 0 Å². The standard InChI is InChI=1S/C26H46O4/c1-2-3-4-5-6-7-8-9-10-11-12-13-14-15-16-18-21-26(25(29)30)22-19-17-20-23(26)24(27)28/h16,18,23H,2-15,17,19-22H2,1H3,(H,27,28)(H,29,30). The van der Waals surface area contributed by atoms with Crippen molar-refractivity contribution in [3.8, 4) is 0 Å². The highest BCUT2D eigenvalue weighted by molar-refractivity contribution is 5.83. The maximum atomic E-state index is 11.9. The van der Waals surface area contributed by atoms with Gasteiger partial charge in [0.25, 0.3) is 0 Å². The van der Waals surface area contributed by atoms with Gasteiger partial charge in [0, 0.05) is 0 Å². The van der Waals surface area contributed by atoms with Crippen molar-refractivity contribution in [3.63, 3.8) is 0 Å². The molecule has 4 nitrogen and oxygen atoms in total. The van der Waals surface area contributed by atoms with Gasteiger partial charge in [-0.2, -0.15) is 0 Å². The first-order chi connectivity index (χ1) is 14.5. The van der Waals surface area contributed by atoms with E-state index in [9.17, 15) is 19.8 Å². The first kappa shape index (κ1) is 26.7. The zero-order valence-corrected chi connectivity index (χ0v) is 19.4. The van der Waals surface area contributed by atoms with E-state index in [2.05, 4.69) is 13.0 Å². The molecule has 0 aromatic carbocycles. The SMILES string of the molecule is CCCCCCCCCCCCCCCC=CCC1(C(=O)O)CCCCC1C(=O)O. The lowest BCUT2D eigenvalue weighted by molar-refractivity contribution is -0.165. The Bertz CT molecular complexity index is 499. The van der Waals surface area contributed by atoms with E-state index in [-0.39, 0.29) is 0 Å². The monoisotopic (exact) mass is 422 g/mol. The molecule has 1 aliphatic carbocycles. The highest BCUT2D eigenvalue weighted by Gasteiger charge is 2.49. The topological polar surface area (TPSA) is 74.6 Å². The normalized spacial score (nSPS) is 21.8. The molecule has 0 aromatic heterocycles. The van der Waals surface area contributed by atoms with Gasteiger partial charge in [-0.15, -0.1) is 0 Å². The Hall–Kier alpha value is -1.32. The molecular formula is C26H46O4. The van der Waals surface area contributed by atoms with E-state index in [1.807, 2.05) is 6.08 Å². The summed E-state index contributed by atoms with van der Waals surface area (Å²) in [5.41, 5.74) is -1.11. The third-order valence-corrected chi connectivity index (χ3v) is 6.88. The lowest BCUT2D eigenvalue weighted by Crippen LogP contribution is -2.44. The summed E-state index contributed by atoms with van der Waals surface area (Å²) in [6.45, 7) is 2.26. The quantitative estimate of drug-likeness (QED) is 0.175. The van der Waals surface area contributed by atoms with Gasteiger partial charge in [-0.1, -0.05) is 109 Å². The minimum atomic E-state index is -1.11. The third kappa shape index (κ3) is 10.1. The lowest BCUT2D eigenvalue weighted by atomic mass is 9.64. The van der Waals surface area contributed by atoms with Gasteiger partial charge >= 0.3 is 11.9 Å². The molecule has 1 rings (SSSR count). The maximum absolute atomic E-state index is 11.9. The van der Waals surface area contributed by atoms with Crippen LogP contribution in [0.2, 0.25) is 0 Å². The molecule has 1 aliphatic rings. The smallest absolute Gasteiger partial charge is 0.310 e. The summed E-state index contributed by atoms with van der Waals surface area (Å²) in [4.78, 5) is 23.4. The fourth-order valence-corrected chi connectivity index (χ4v) is 4.88. The molecule has 30 heavy (non-hydrogen) atoms. The van der Waals surface area contributed by atoms with Crippen LogP contribution in [0.5, 0.6) is 0 Å². The Morgan fingerprint density at radius 3 is 1.83 bits per heavy atom. The molecular weight excluding hydrogens is 376 g/mol. The van der Waals surface area contributed by atoms with Crippen LogP contribution in [0.15, 0.2) is 12.2 Å². The number of carbonyl (C=O) groups is 2. The molecule has 0 bridgehead atoms. The summed E-state index contributed by atoms with van der Waals surface area (Å²) >= 11 is 0. The highest BCUT2D eigenvalue weighted by atomic mass is 16.4. The van der Waals surface area contributed by atoms with Crippen molar-refractivity contribution in [2.24, 2.45) is 11.3 Å². The summed E-state index contributed by atoms with van der Waals surface area (Å²) in [5, 5.41) is 19.2. The van der Waals surface area contributed by atoms with Crippen LogP contribution in [0.25, 0.3) is 0 Å². The molecule has 0 radical (unpaired) electrons. The number of allylic oxidation sites excluding steroid dienone is 2. The van der Waals surface area contributed by atoms with Crippen molar-refractivity contribution < 1.29 is 19.8 Å². The number of hydrogen-bond acceptors (Lipinski definition) is 2. The van der Waals surface area contributed by atoms with Crippen molar-refractivity contribution in [2.75, 3.05) is 0 Å². The lowest BCUT2D eigenvalue weighted by Gasteiger charge is -2.37. The molecule has 0 saturated heterocycles.